The number of benzene rings is 5. The number of halogens is 2. The Balaban J connectivity index is 0.00000149. The zero-order chi connectivity index (χ0) is 56.9. The summed E-state index contributed by atoms with van der Waals surface area (Å²) in [5, 5.41) is 39.2. The molecule has 0 saturated heterocycles. The SMILES string of the molecule is CCCOc1cc(N=Nc2ccc(CO)cc2)c(Cl)cc1Cc1nc(Cc2cc(Cl)c(N=Nc3ccc(OC)c(S(=O)(=O)O)c3)cc2OCCCS(=O)(=O)O)nc(NCc2ccc(C(=O)O)cc2)n1.O=S(=O)=O.O=S(=O)=O. The number of aromatic nitrogens is 3. The number of carboxylic acid groups (broad SMARTS) is 1. The average Bonchev–Trinajstić information content (AvgIpc) is 3.36. The molecule has 0 aliphatic carbocycles. The molecule has 1 heterocycles. The van der Waals surface area contributed by atoms with Gasteiger partial charge in [-0.1, -0.05) is 54.4 Å². The molecule has 0 aliphatic rings. The summed E-state index contributed by atoms with van der Waals surface area (Å²) in [7, 11) is -14.0. The zero-order valence-corrected chi connectivity index (χ0v) is 44.8. The van der Waals surface area contributed by atoms with Gasteiger partial charge in [-0.3, -0.25) is 9.11 Å². The minimum atomic E-state index is -4.69. The largest absolute Gasteiger partial charge is 0.495 e. The van der Waals surface area contributed by atoms with Crippen LogP contribution in [-0.2, 0) is 67.4 Å². The molecule has 6 rings (SSSR count). The van der Waals surface area contributed by atoms with Crippen molar-refractivity contribution in [2.24, 2.45) is 20.5 Å². The molecule has 0 fully saturated rings. The lowest BCUT2D eigenvalue weighted by atomic mass is 10.1. The van der Waals surface area contributed by atoms with E-state index in [1.165, 1.54) is 43.5 Å². The first-order chi connectivity index (χ1) is 36.4. The standard InChI is InChI=1S/C45H44Cl2N8O12S2.2O3S/c1-3-15-66-39-23-36(54-52-32-11-7-28(26-56)8-12-32)34(46)18-30(39)20-42-49-43(51-45(50-42)48-25-27-5-9-29(10-6-27)44(57)58)21-31-19-35(47)37(24-40(31)67-16-4-17-68(59,60)61)55-53-33-13-14-38(65-2)41(22-33)69(62,63)64;2*1-4(2)3/h5-14,18-19,22-24,56H,3-4,15-17,20-21,25-26H2,1-2H3,(H,57,58)(H,59,60,61)(H,62,63,64)(H,48,49,50,51);;. The van der Waals surface area contributed by atoms with Crippen molar-refractivity contribution in [2.45, 2.75) is 50.7 Å². The Morgan fingerprint density at radius 3 is 1.62 bits per heavy atom. The molecule has 0 aliphatic heterocycles. The molecule has 0 unspecified atom stereocenters. The molecule has 32 heteroatoms. The highest BCUT2D eigenvalue weighted by atomic mass is 35.5. The number of carboxylic acids is 1. The Morgan fingerprint density at radius 2 is 1.16 bits per heavy atom. The molecule has 5 N–H and O–H groups in total. The Hall–Kier alpha value is -7.42. The van der Waals surface area contributed by atoms with Crippen molar-refractivity contribution in [3.63, 3.8) is 0 Å². The number of nitrogens with zero attached hydrogens (tertiary/aromatic N) is 7. The first-order valence-electron chi connectivity index (χ1n) is 21.8. The van der Waals surface area contributed by atoms with Crippen LogP contribution in [0, 0.1) is 0 Å². The molecule has 0 bridgehead atoms. The number of hydrogen-bond donors (Lipinski definition) is 5. The van der Waals surface area contributed by atoms with Crippen LogP contribution in [0.2, 0.25) is 10.0 Å². The molecule has 0 saturated carbocycles. The number of methoxy groups -OCH3 is 1. The fourth-order valence-electron chi connectivity index (χ4n) is 6.31. The first kappa shape index (κ1) is 62.1. The van der Waals surface area contributed by atoms with E-state index in [9.17, 15) is 40.9 Å². The van der Waals surface area contributed by atoms with Gasteiger partial charge >= 0.3 is 27.2 Å². The van der Waals surface area contributed by atoms with Crippen molar-refractivity contribution < 1.29 is 80.4 Å². The minimum Gasteiger partial charge on any atom is -0.495 e. The van der Waals surface area contributed by atoms with E-state index in [1.54, 1.807) is 48.5 Å². The summed E-state index contributed by atoms with van der Waals surface area (Å²) >= 11 is 13.5. The predicted octanol–water partition coefficient (Wildman–Crippen LogP) is 7.69. The molecule has 6 aromatic rings. The lowest BCUT2D eigenvalue weighted by Gasteiger charge is -2.15. The molecule has 0 radical (unpaired) electrons. The Kier molecular flexibility index (Phi) is 24.0. The predicted molar refractivity (Wildman–Crippen MR) is 274 cm³/mol. The van der Waals surface area contributed by atoms with Gasteiger partial charge in [0.1, 0.15) is 45.2 Å². The molecular weight excluding hydrogens is 1140 g/mol. The van der Waals surface area contributed by atoms with Crippen molar-refractivity contribution in [2.75, 3.05) is 31.4 Å². The van der Waals surface area contributed by atoms with E-state index in [0.29, 0.717) is 41.3 Å². The maximum absolute atomic E-state index is 12.0. The molecule has 410 valence electrons. The van der Waals surface area contributed by atoms with Crippen LogP contribution < -0.4 is 19.5 Å². The van der Waals surface area contributed by atoms with E-state index >= 15 is 0 Å². The lowest BCUT2D eigenvalue weighted by Crippen LogP contribution is -2.12. The lowest BCUT2D eigenvalue weighted by molar-refractivity contribution is 0.0696. The molecular formula is C45H44Cl2N8O18S4. The second kappa shape index (κ2) is 29.8. The number of aromatic carboxylic acids is 1. The Morgan fingerprint density at radius 1 is 0.662 bits per heavy atom. The summed E-state index contributed by atoms with van der Waals surface area (Å²) in [5.41, 5.74) is 3.52. The van der Waals surface area contributed by atoms with Crippen LogP contribution in [0.4, 0.5) is 28.7 Å². The van der Waals surface area contributed by atoms with Gasteiger partial charge in [-0.2, -0.15) is 37.0 Å². The van der Waals surface area contributed by atoms with Gasteiger partial charge in [0.2, 0.25) is 5.95 Å². The molecule has 77 heavy (non-hydrogen) atoms. The van der Waals surface area contributed by atoms with Crippen molar-refractivity contribution >= 4 is 99.3 Å². The van der Waals surface area contributed by atoms with E-state index in [2.05, 4.69) is 30.8 Å². The number of azo groups is 2. The highest BCUT2D eigenvalue weighted by Crippen LogP contribution is 2.38. The van der Waals surface area contributed by atoms with Gasteiger partial charge < -0.3 is 29.7 Å². The Labute approximate surface area is 452 Å². The number of carbonyl (C=O) groups is 1. The monoisotopic (exact) mass is 1180 g/mol. The second-order valence-electron chi connectivity index (χ2n) is 15.3. The number of rotatable bonds is 23. The van der Waals surface area contributed by atoms with E-state index in [1.807, 2.05) is 6.92 Å². The maximum atomic E-state index is 12.0. The summed E-state index contributed by atoms with van der Waals surface area (Å²) < 4.78 is 134. The third kappa shape index (κ3) is 21.6. The number of aliphatic hydroxyl groups is 1. The molecule has 5 aromatic carbocycles. The fraction of sp³-hybridized carbons (Fsp3) is 0.244. The number of anilines is 1. The quantitative estimate of drug-likeness (QED) is 0.0233. The van der Waals surface area contributed by atoms with Crippen molar-refractivity contribution in [3.8, 4) is 17.2 Å². The smallest absolute Gasteiger partial charge is 0.425 e. The van der Waals surface area contributed by atoms with Crippen LogP contribution in [-0.4, -0.2) is 108 Å². The topological polar surface area (TPSA) is 397 Å². The van der Waals surface area contributed by atoms with Crippen LogP contribution in [0.3, 0.4) is 0 Å². The first-order valence-corrected chi connectivity index (χ1v) is 27.6. The van der Waals surface area contributed by atoms with Gasteiger partial charge in [-0.05, 0) is 78.6 Å². The van der Waals surface area contributed by atoms with Crippen LogP contribution in [0.25, 0.3) is 0 Å². The molecule has 1 aromatic heterocycles. The Bertz CT molecular complexity index is 3540. The summed E-state index contributed by atoms with van der Waals surface area (Å²) in [4.78, 5) is 25.1. The van der Waals surface area contributed by atoms with Crippen molar-refractivity contribution in [1.82, 2.24) is 15.0 Å². The average molecular weight is 1180 g/mol. The molecule has 0 amide bonds. The number of nitrogens with one attached hydrogen (secondary N) is 1. The molecule has 26 nitrogen and oxygen atoms in total. The third-order valence-corrected chi connectivity index (χ3v) is 12.0. The number of aliphatic hydroxyl groups excluding tert-OH is 1. The van der Waals surface area contributed by atoms with Gasteiger partial charge in [0, 0.05) is 42.6 Å². The summed E-state index contributed by atoms with van der Waals surface area (Å²) in [5.74, 6) is -0.543. The summed E-state index contributed by atoms with van der Waals surface area (Å²) in [6.07, 6.45) is 0.631. The number of ether oxygens (including phenoxy) is 3. The highest BCUT2D eigenvalue weighted by molar-refractivity contribution is 7.86. The van der Waals surface area contributed by atoms with Crippen LogP contribution in [0.1, 0.15) is 64.0 Å². The van der Waals surface area contributed by atoms with Crippen molar-refractivity contribution in [3.05, 3.63) is 141 Å². The highest BCUT2D eigenvalue weighted by Gasteiger charge is 2.20. The second-order valence-corrected chi connectivity index (χ2v) is 19.9. The van der Waals surface area contributed by atoms with E-state index in [-0.39, 0.29) is 95.1 Å². The summed E-state index contributed by atoms with van der Waals surface area (Å²) in [6, 6.07) is 23.1. The normalized spacial score (nSPS) is 11.3. The van der Waals surface area contributed by atoms with Gasteiger partial charge in [0.25, 0.3) is 20.2 Å². The van der Waals surface area contributed by atoms with Crippen LogP contribution in [0.15, 0.2) is 116 Å². The minimum absolute atomic E-state index is 0.0171. The van der Waals surface area contributed by atoms with Gasteiger partial charge in [0.05, 0.1) is 59.7 Å². The van der Waals surface area contributed by atoms with Crippen molar-refractivity contribution in [1.29, 1.82) is 0 Å². The van der Waals surface area contributed by atoms with Gasteiger partial charge in [0.15, 0.2) is 0 Å². The molecule has 0 atom stereocenters. The van der Waals surface area contributed by atoms with Gasteiger partial charge in [-0.15, -0.1) is 35.5 Å². The van der Waals surface area contributed by atoms with E-state index < -0.39 is 58.1 Å². The fourth-order valence-corrected chi connectivity index (χ4v) is 7.92. The zero-order valence-electron chi connectivity index (χ0n) is 40.0. The molecule has 0 spiro atoms. The van der Waals surface area contributed by atoms with Crippen LogP contribution >= 0.6 is 23.2 Å². The van der Waals surface area contributed by atoms with Gasteiger partial charge in [-0.25, -0.2) is 9.78 Å². The van der Waals surface area contributed by atoms with E-state index in [0.717, 1.165) is 17.2 Å². The summed E-state index contributed by atoms with van der Waals surface area (Å²) in [6.45, 7) is 2.21. The third-order valence-electron chi connectivity index (χ3n) is 9.69. The van der Waals surface area contributed by atoms with Crippen LogP contribution in [0.5, 0.6) is 17.2 Å². The van der Waals surface area contributed by atoms with E-state index in [4.69, 9.17) is 72.6 Å². The number of hydrogen-bond acceptors (Lipinski definition) is 23. The maximum Gasteiger partial charge on any atom is 0.425 e.